The zero-order chi connectivity index (χ0) is 9.68. The highest BCUT2D eigenvalue weighted by molar-refractivity contribution is 7.98. The van der Waals surface area contributed by atoms with Crippen molar-refractivity contribution in [2.45, 2.75) is 25.4 Å². The lowest BCUT2D eigenvalue weighted by molar-refractivity contribution is -0.139. The molecule has 0 bridgehead atoms. The average Bonchev–Trinajstić information content (AvgIpc) is 2.18. The van der Waals surface area contributed by atoms with Crippen LogP contribution in [-0.2, 0) is 4.79 Å². The number of amides is 1. The van der Waals surface area contributed by atoms with Gasteiger partial charge in [-0.25, -0.2) is 0 Å². The molecular weight excluding hydrogens is 186 g/mol. The van der Waals surface area contributed by atoms with Crippen molar-refractivity contribution in [1.82, 2.24) is 4.90 Å². The van der Waals surface area contributed by atoms with E-state index in [1.807, 2.05) is 6.26 Å². The molecule has 1 heterocycles. The molecule has 0 aromatic carbocycles. The summed E-state index contributed by atoms with van der Waals surface area (Å²) in [6.07, 6.45) is 4.47. The molecule has 0 radical (unpaired) electrons. The Balaban J connectivity index is 2.36. The van der Waals surface area contributed by atoms with Crippen molar-refractivity contribution in [3.63, 3.8) is 0 Å². The van der Waals surface area contributed by atoms with E-state index in [0.717, 1.165) is 25.9 Å². The molecular formula is C9H17NO2S. The predicted molar refractivity (Wildman–Crippen MR) is 54.8 cm³/mol. The second kappa shape index (κ2) is 5.50. The summed E-state index contributed by atoms with van der Waals surface area (Å²) >= 11 is 1.50. The molecule has 13 heavy (non-hydrogen) atoms. The van der Waals surface area contributed by atoms with Crippen LogP contribution in [-0.4, -0.2) is 47.1 Å². The first kappa shape index (κ1) is 10.9. The lowest BCUT2D eigenvalue weighted by Gasteiger charge is -2.28. The van der Waals surface area contributed by atoms with Crippen molar-refractivity contribution >= 4 is 17.7 Å². The standard InChI is InChI=1S/C9H17NO2S/c1-13-7-8(11)9(12)10-5-3-2-4-6-10/h8,11H,2-7H2,1H3. The summed E-state index contributed by atoms with van der Waals surface area (Å²) in [5.41, 5.74) is 0. The Hall–Kier alpha value is -0.220. The highest BCUT2D eigenvalue weighted by Crippen LogP contribution is 2.11. The topological polar surface area (TPSA) is 40.5 Å². The number of nitrogens with zero attached hydrogens (tertiary/aromatic N) is 1. The van der Waals surface area contributed by atoms with E-state index >= 15 is 0 Å². The maximum absolute atomic E-state index is 11.6. The molecule has 1 unspecified atom stereocenters. The predicted octanol–water partition coefficient (Wildman–Crippen LogP) is 0.723. The normalized spacial score (nSPS) is 20.0. The number of aliphatic hydroxyl groups is 1. The third kappa shape index (κ3) is 3.19. The van der Waals surface area contributed by atoms with Crippen LogP contribution in [0.4, 0.5) is 0 Å². The fourth-order valence-electron chi connectivity index (χ4n) is 1.55. The van der Waals surface area contributed by atoms with E-state index < -0.39 is 6.10 Å². The molecule has 3 nitrogen and oxygen atoms in total. The zero-order valence-electron chi connectivity index (χ0n) is 8.03. The second-order valence-electron chi connectivity index (χ2n) is 3.36. The molecule has 4 heteroatoms. The minimum atomic E-state index is -0.798. The Morgan fingerprint density at radius 1 is 1.46 bits per heavy atom. The van der Waals surface area contributed by atoms with Gasteiger partial charge < -0.3 is 10.0 Å². The summed E-state index contributed by atoms with van der Waals surface area (Å²) < 4.78 is 0. The summed E-state index contributed by atoms with van der Waals surface area (Å²) in [4.78, 5) is 13.3. The van der Waals surface area contributed by atoms with Crippen LogP contribution in [0.3, 0.4) is 0 Å². The summed E-state index contributed by atoms with van der Waals surface area (Å²) in [6.45, 7) is 1.65. The van der Waals surface area contributed by atoms with Gasteiger partial charge >= 0.3 is 0 Å². The number of hydrogen-bond acceptors (Lipinski definition) is 3. The second-order valence-corrected chi connectivity index (χ2v) is 4.27. The largest absolute Gasteiger partial charge is 0.382 e. The third-order valence-corrected chi connectivity index (χ3v) is 2.93. The highest BCUT2D eigenvalue weighted by atomic mass is 32.2. The average molecular weight is 203 g/mol. The van der Waals surface area contributed by atoms with E-state index in [0.29, 0.717) is 5.75 Å². The van der Waals surface area contributed by atoms with Gasteiger partial charge in [-0.05, 0) is 25.5 Å². The van der Waals surface area contributed by atoms with Crippen molar-refractivity contribution in [3.05, 3.63) is 0 Å². The molecule has 1 aliphatic heterocycles. The van der Waals surface area contributed by atoms with Crippen LogP contribution in [0.15, 0.2) is 0 Å². The van der Waals surface area contributed by atoms with Crippen LogP contribution in [0.25, 0.3) is 0 Å². The van der Waals surface area contributed by atoms with Gasteiger partial charge in [0.15, 0.2) is 0 Å². The number of hydrogen-bond donors (Lipinski definition) is 1. The number of likely N-dealkylation sites (tertiary alicyclic amines) is 1. The molecule has 1 N–H and O–H groups in total. The van der Waals surface area contributed by atoms with Crippen molar-refractivity contribution < 1.29 is 9.90 Å². The maximum atomic E-state index is 11.6. The SMILES string of the molecule is CSCC(O)C(=O)N1CCCCC1. The van der Waals surface area contributed by atoms with Crippen molar-refractivity contribution in [2.75, 3.05) is 25.1 Å². The molecule has 1 aliphatic rings. The van der Waals surface area contributed by atoms with Crippen LogP contribution in [0, 0.1) is 0 Å². The molecule has 0 aliphatic carbocycles. The van der Waals surface area contributed by atoms with Crippen LogP contribution in [0.1, 0.15) is 19.3 Å². The fourth-order valence-corrected chi connectivity index (χ4v) is 2.01. The van der Waals surface area contributed by atoms with Crippen molar-refractivity contribution in [3.8, 4) is 0 Å². The first-order valence-corrected chi connectivity index (χ1v) is 6.11. The summed E-state index contributed by atoms with van der Waals surface area (Å²) in [5, 5.41) is 9.46. The van der Waals surface area contributed by atoms with Gasteiger partial charge in [-0.15, -0.1) is 0 Å². The van der Waals surface area contributed by atoms with Gasteiger partial charge in [0.2, 0.25) is 0 Å². The number of thioether (sulfide) groups is 1. The number of aliphatic hydroxyl groups excluding tert-OH is 1. The van der Waals surface area contributed by atoms with Crippen molar-refractivity contribution in [1.29, 1.82) is 0 Å². The molecule has 0 saturated carbocycles. The maximum Gasteiger partial charge on any atom is 0.252 e. The van der Waals surface area contributed by atoms with E-state index in [-0.39, 0.29) is 5.91 Å². The Kier molecular flexibility index (Phi) is 4.59. The number of piperidine rings is 1. The summed E-state index contributed by atoms with van der Waals surface area (Å²) in [7, 11) is 0. The molecule has 0 spiro atoms. The van der Waals surface area contributed by atoms with Gasteiger partial charge in [-0.3, -0.25) is 4.79 Å². The Bertz CT molecular complexity index is 169. The minimum Gasteiger partial charge on any atom is -0.382 e. The highest BCUT2D eigenvalue weighted by Gasteiger charge is 2.22. The van der Waals surface area contributed by atoms with Crippen LogP contribution in [0.5, 0.6) is 0 Å². The fraction of sp³-hybridized carbons (Fsp3) is 0.889. The third-order valence-electron chi connectivity index (χ3n) is 2.28. The van der Waals surface area contributed by atoms with E-state index in [1.54, 1.807) is 4.90 Å². The molecule has 1 rings (SSSR count). The molecule has 76 valence electrons. The van der Waals surface area contributed by atoms with Crippen LogP contribution in [0.2, 0.25) is 0 Å². The summed E-state index contributed by atoms with van der Waals surface area (Å²) in [6, 6.07) is 0. The van der Waals surface area contributed by atoms with Crippen molar-refractivity contribution in [2.24, 2.45) is 0 Å². The molecule has 0 aromatic rings. The number of rotatable bonds is 3. The van der Waals surface area contributed by atoms with E-state index in [2.05, 4.69) is 0 Å². The Labute approximate surface area is 83.5 Å². The van der Waals surface area contributed by atoms with E-state index in [9.17, 15) is 9.90 Å². The number of carbonyl (C=O) groups excluding carboxylic acids is 1. The van der Waals surface area contributed by atoms with Gasteiger partial charge in [0, 0.05) is 18.8 Å². The van der Waals surface area contributed by atoms with Gasteiger partial charge in [0.05, 0.1) is 0 Å². The quantitative estimate of drug-likeness (QED) is 0.735. The molecule has 1 saturated heterocycles. The lowest BCUT2D eigenvalue weighted by Crippen LogP contribution is -2.43. The van der Waals surface area contributed by atoms with Gasteiger partial charge in [-0.2, -0.15) is 11.8 Å². The van der Waals surface area contributed by atoms with Gasteiger partial charge in [-0.1, -0.05) is 0 Å². The van der Waals surface area contributed by atoms with Crippen LogP contribution >= 0.6 is 11.8 Å². The molecule has 1 atom stereocenters. The Morgan fingerprint density at radius 3 is 2.62 bits per heavy atom. The lowest BCUT2D eigenvalue weighted by atomic mass is 10.1. The smallest absolute Gasteiger partial charge is 0.252 e. The van der Waals surface area contributed by atoms with E-state index in [4.69, 9.17) is 0 Å². The first-order chi connectivity index (χ1) is 6.25. The zero-order valence-corrected chi connectivity index (χ0v) is 8.85. The molecule has 1 amide bonds. The Morgan fingerprint density at radius 2 is 2.08 bits per heavy atom. The monoisotopic (exact) mass is 203 g/mol. The summed E-state index contributed by atoms with van der Waals surface area (Å²) in [5.74, 6) is 0.420. The molecule has 0 aromatic heterocycles. The minimum absolute atomic E-state index is 0.0888. The first-order valence-electron chi connectivity index (χ1n) is 4.71. The van der Waals surface area contributed by atoms with Gasteiger partial charge in [0.1, 0.15) is 6.10 Å². The number of carbonyl (C=O) groups is 1. The molecule has 1 fully saturated rings. The van der Waals surface area contributed by atoms with Gasteiger partial charge in [0.25, 0.3) is 5.91 Å². The van der Waals surface area contributed by atoms with Crippen LogP contribution < -0.4 is 0 Å². The van der Waals surface area contributed by atoms with E-state index in [1.165, 1.54) is 18.2 Å².